The molecule has 6 heteroatoms. The van der Waals surface area contributed by atoms with Crippen molar-refractivity contribution in [3.8, 4) is 11.5 Å². The Morgan fingerprint density at radius 2 is 1.92 bits per heavy atom. The summed E-state index contributed by atoms with van der Waals surface area (Å²) in [4.78, 5) is 0. The van der Waals surface area contributed by atoms with Crippen molar-refractivity contribution < 1.29 is 14.6 Å². The molecule has 0 saturated carbocycles. The first-order chi connectivity index (χ1) is 12.1. The normalized spacial score (nSPS) is 10.7. The second-order valence-electron chi connectivity index (χ2n) is 5.62. The molecule has 2 aromatic rings. The average Bonchev–Trinajstić information content (AvgIpc) is 2.61. The van der Waals surface area contributed by atoms with Gasteiger partial charge < -0.3 is 19.9 Å². The second-order valence-corrected chi connectivity index (χ2v) is 6.46. The maximum absolute atomic E-state index is 8.79. The fourth-order valence-electron chi connectivity index (χ4n) is 2.36. The van der Waals surface area contributed by atoms with Crippen molar-refractivity contribution in [2.24, 2.45) is 0 Å². The predicted octanol–water partition coefficient (Wildman–Crippen LogP) is 4.44. The molecule has 2 aromatic carbocycles. The molecule has 2 rings (SSSR count). The molecule has 0 aliphatic rings. The molecule has 0 aromatic heterocycles. The van der Waals surface area contributed by atoms with Crippen LogP contribution in [0.1, 0.15) is 24.0 Å². The molecule has 0 spiro atoms. The van der Waals surface area contributed by atoms with Gasteiger partial charge >= 0.3 is 0 Å². The van der Waals surface area contributed by atoms with E-state index in [1.54, 1.807) is 13.2 Å². The lowest BCUT2D eigenvalue weighted by atomic mass is 10.2. The molecule has 4 nitrogen and oxygen atoms in total. The topological polar surface area (TPSA) is 50.7 Å². The number of halogens is 2. The number of unbranched alkanes of at least 4 members (excludes halogenated alkanes) is 1. The van der Waals surface area contributed by atoms with E-state index >= 15 is 0 Å². The zero-order valence-electron chi connectivity index (χ0n) is 14.2. The van der Waals surface area contributed by atoms with E-state index in [4.69, 9.17) is 37.8 Å². The summed E-state index contributed by atoms with van der Waals surface area (Å²) >= 11 is 12.4. The van der Waals surface area contributed by atoms with Crippen LogP contribution in [0.2, 0.25) is 10.0 Å². The Bertz CT molecular complexity index is 680. The van der Waals surface area contributed by atoms with E-state index < -0.39 is 0 Å². The molecule has 0 fully saturated rings. The average molecular weight is 384 g/mol. The molecule has 0 radical (unpaired) electrons. The van der Waals surface area contributed by atoms with E-state index in [9.17, 15) is 0 Å². The zero-order chi connectivity index (χ0) is 18.1. The van der Waals surface area contributed by atoms with Crippen LogP contribution in [-0.2, 0) is 13.2 Å². The van der Waals surface area contributed by atoms with Crippen LogP contribution in [0, 0.1) is 0 Å². The van der Waals surface area contributed by atoms with E-state index in [2.05, 4.69) is 5.32 Å². The number of nitrogens with one attached hydrogen (secondary N) is 1. The predicted molar refractivity (Wildman–Crippen MR) is 102 cm³/mol. The maximum atomic E-state index is 8.79. The smallest absolute Gasteiger partial charge is 0.163 e. The van der Waals surface area contributed by atoms with E-state index in [0.29, 0.717) is 34.7 Å². The summed E-state index contributed by atoms with van der Waals surface area (Å²) in [5.74, 6) is 1.23. The van der Waals surface area contributed by atoms with Gasteiger partial charge in [-0.15, -0.1) is 0 Å². The van der Waals surface area contributed by atoms with E-state index in [0.717, 1.165) is 30.5 Å². The van der Waals surface area contributed by atoms with Gasteiger partial charge in [0.25, 0.3) is 0 Å². The summed E-state index contributed by atoms with van der Waals surface area (Å²) in [6.45, 7) is 2.06. The molecule has 0 amide bonds. The minimum Gasteiger partial charge on any atom is -0.493 e. The molecule has 2 N–H and O–H groups in total. The summed E-state index contributed by atoms with van der Waals surface area (Å²) < 4.78 is 11.3. The van der Waals surface area contributed by atoms with E-state index in [1.165, 1.54) is 0 Å². The highest BCUT2D eigenvalue weighted by Gasteiger charge is 2.11. The van der Waals surface area contributed by atoms with Crippen molar-refractivity contribution in [2.45, 2.75) is 26.0 Å². The van der Waals surface area contributed by atoms with Crippen LogP contribution in [0.4, 0.5) is 0 Å². The number of aliphatic hydroxyl groups is 1. The quantitative estimate of drug-likeness (QED) is 0.595. The first-order valence-corrected chi connectivity index (χ1v) is 8.95. The number of hydrogen-bond donors (Lipinski definition) is 2. The monoisotopic (exact) mass is 383 g/mol. The Labute approximate surface area is 158 Å². The molecule has 0 aliphatic heterocycles. The molecule has 25 heavy (non-hydrogen) atoms. The number of benzene rings is 2. The molecular formula is C19H23Cl2NO3. The van der Waals surface area contributed by atoms with Crippen LogP contribution >= 0.6 is 23.2 Å². The fourth-order valence-corrected chi connectivity index (χ4v) is 2.79. The Kier molecular flexibility index (Phi) is 8.35. The van der Waals surface area contributed by atoms with Gasteiger partial charge in [-0.3, -0.25) is 0 Å². The van der Waals surface area contributed by atoms with Crippen molar-refractivity contribution in [1.29, 1.82) is 0 Å². The molecule has 136 valence electrons. The Hall–Kier alpha value is -1.46. The first kappa shape index (κ1) is 19.9. The van der Waals surface area contributed by atoms with Gasteiger partial charge in [-0.1, -0.05) is 35.3 Å². The van der Waals surface area contributed by atoms with Gasteiger partial charge in [-0.25, -0.2) is 0 Å². The fraction of sp³-hybridized carbons (Fsp3) is 0.368. The lowest BCUT2D eigenvalue weighted by molar-refractivity contribution is 0.283. The van der Waals surface area contributed by atoms with Crippen LogP contribution < -0.4 is 14.8 Å². The SMILES string of the molecule is COc1cc(CNCCCCO)c(Cl)cc1OCc1cccc(Cl)c1. The standard InChI is InChI=1S/C19H23Cl2NO3/c1-24-18-10-15(12-22-7-2-3-8-23)17(21)11-19(18)25-13-14-5-4-6-16(20)9-14/h4-6,9-11,22-23H,2-3,7-8,12-13H2,1H3. The highest BCUT2D eigenvalue weighted by molar-refractivity contribution is 6.31. The zero-order valence-corrected chi connectivity index (χ0v) is 15.7. The highest BCUT2D eigenvalue weighted by Crippen LogP contribution is 2.34. The minimum atomic E-state index is 0.217. The maximum Gasteiger partial charge on any atom is 0.163 e. The third-order valence-electron chi connectivity index (χ3n) is 3.69. The number of ether oxygens (including phenoxy) is 2. The van der Waals surface area contributed by atoms with Crippen molar-refractivity contribution in [3.63, 3.8) is 0 Å². The van der Waals surface area contributed by atoms with Crippen molar-refractivity contribution in [2.75, 3.05) is 20.3 Å². The van der Waals surface area contributed by atoms with E-state index in [1.807, 2.05) is 30.3 Å². The summed E-state index contributed by atoms with van der Waals surface area (Å²) in [7, 11) is 1.61. The van der Waals surface area contributed by atoms with Crippen LogP contribution in [-0.4, -0.2) is 25.4 Å². The summed E-state index contributed by atoms with van der Waals surface area (Å²) in [6, 6.07) is 11.2. The third-order valence-corrected chi connectivity index (χ3v) is 4.28. The summed E-state index contributed by atoms with van der Waals surface area (Å²) in [6.07, 6.45) is 1.71. The second kappa shape index (κ2) is 10.5. The molecule has 0 bridgehead atoms. The Morgan fingerprint density at radius 1 is 1.08 bits per heavy atom. The number of methoxy groups -OCH3 is 1. The Morgan fingerprint density at radius 3 is 2.64 bits per heavy atom. The van der Waals surface area contributed by atoms with Gasteiger partial charge in [0.15, 0.2) is 11.5 Å². The van der Waals surface area contributed by atoms with Gasteiger partial charge in [0.2, 0.25) is 0 Å². The van der Waals surface area contributed by atoms with Crippen molar-refractivity contribution in [3.05, 3.63) is 57.6 Å². The van der Waals surface area contributed by atoms with Gasteiger partial charge in [0, 0.05) is 29.3 Å². The number of aliphatic hydroxyl groups excluding tert-OH is 1. The van der Waals surface area contributed by atoms with Crippen LogP contribution in [0.25, 0.3) is 0 Å². The minimum absolute atomic E-state index is 0.217. The van der Waals surface area contributed by atoms with Crippen molar-refractivity contribution >= 4 is 23.2 Å². The lowest BCUT2D eigenvalue weighted by Crippen LogP contribution is -2.15. The van der Waals surface area contributed by atoms with Gasteiger partial charge in [-0.05, 0) is 48.7 Å². The molecular weight excluding hydrogens is 361 g/mol. The van der Waals surface area contributed by atoms with Crippen LogP contribution in [0.3, 0.4) is 0 Å². The summed E-state index contributed by atoms with van der Waals surface area (Å²) in [5, 5.41) is 13.4. The first-order valence-electron chi connectivity index (χ1n) is 8.19. The van der Waals surface area contributed by atoms with Gasteiger partial charge in [0.05, 0.1) is 7.11 Å². The van der Waals surface area contributed by atoms with Crippen molar-refractivity contribution in [1.82, 2.24) is 5.32 Å². The van der Waals surface area contributed by atoms with Gasteiger partial charge in [-0.2, -0.15) is 0 Å². The molecule has 0 saturated heterocycles. The molecule has 0 unspecified atom stereocenters. The van der Waals surface area contributed by atoms with Crippen LogP contribution in [0.15, 0.2) is 36.4 Å². The largest absolute Gasteiger partial charge is 0.493 e. The van der Waals surface area contributed by atoms with Gasteiger partial charge in [0.1, 0.15) is 6.61 Å². The third kappa shape index (κ3) is 6.40. The highest BCUT2D eigenvalue weighted by atomic mass is 35.5. The van der Waals surface area contributed by atoms with E-state index in [-0.39, 0.29) is 6.61 Å². The molecule has 0 atom stereocenters. The Balaban J connectivity index is 2.00. The number of rotatable bonds is 10. The molecule has 0 heterocycles. The number of hydrogen-bond acceptors (Lipinski definition) is 4. The molecule has 0 aliphatic carbocycles. The summed E-state index contributed by atoms with van der Waals surface area (Å²) in [5.41, 5.74) is 1.91. The lowest BCUT2D eigenvalue weighted by Gasteiger charge is -2.14. The van der Waals surface area contributed by atoms with Crippen LogP contribution in [0.5, 0.6) is 11.5 Å².